The van der Waals surface area contributed by atoms with Gasteiger partial charge in [0, 0.05) is 29.6 Å². The molecule has 4 aliphatic carbocycles. The number of hydrogen-bond donors (Lipinski definition) is 0. The number of rotatable bonds is 0. The summed E-state index contributed by atoms with van der Waals surface area (Å²) in [5.74, 6) is -7.48. The first kappa shape index (κ1) is 15.2. The predicted molar refractivity (Wildman–Crippen MR) is 76.6 cm³/mol. The predicted octanol–water partition coefficient (Wildman–Crippen LogP) is 4.35. The van der Waals surface area contributed by atoms with E-state index in [2.05, 4.69) is 6.58 Å². The molecule has 1 heterocycles. The summed E-state index contributed by atoms with van der Waals surface area (Å²) in [6.45, 7) is 5.73. The van der Waals surface area contributed by atoms with Crippen molar-refractivity contribution < 1.29 is 27.1 Å². The maximum atomic E-state index is 14.2. The van der Waals surface area contributed by atoms with Gasteiger partial charge in [-0.15, -0.1) is 0 Å². The molecule has 0 unspecified atom stereocenters. The van der Waals surface area contributed by atoms with Gasteiger partial charge in [-0.3, -0.25) is 4.79 Å². The van der Waals surface area contributed by atoms with E-state index in [1.807, 2.05) is 0 Å². The zero-order valence-electron chi connectivity index (χ0n) is 13.5. The van der Waals surface area contributed by atoms with Crippen LogP contribution >= 0.6 is 0 Å². The van der Waals surface area contributed by atoms with E-state index in [0.29, 0.717) is 25.7 Å². The van der Waals surface area contributed by atoms with Crippen LogP contribution in [0.2, 0.25) is 0 Å². The summed E-state index contributed by atoms with van der Waals surface area (Å²) < 4.78 is 62.4. The summed E-state index contributed by atoms with van der Waals surface area (Å²) in [5.41, 5.74) is -3.22. The van der Waals surface area contributed by atoms with Crippen molar-refractivity contribution in [2.24, 2.45) is 28.1 Å². The van der Waals surface area contributed by atoms with Gasteiger partial charge in [0.1, 0.15) is 11.5 Å². The number of fused-ring (bicyclic) bond motifs is 5. The fraction of sp³-hybridized carbons (Fsp3) is 0.833. The van der Waals surface area contributed by atoms with E-state index in [9.17, 15) is 22.4 Å². The summed E-state index contributed by atoms with van der Waals surface area (Å²) in [4.78, 5) is 12.4. The van der Waals surface area contributed by atoms with Gasteiger partial charge >= 0.3 is 5.97 Å². The number of alkyl halides is 4. The van der Waals surface area contributed by atoms with Crippen molar-refractivity contribution in [3.63, 3.8) is 0 Å². The molecule has 4 saturated carbocycles. The monoisotopic (exact) mass is 344 g/mol. The molecular formula is C18H20F4O2. The fourth-order valence-corrected chi connectivity index (χ4v) is 6.47. The Labute approximate surface area is 137 Å². The van der Waals surface area contributed by atoms with Crippen LogP contribution in [0.15, 0.2) is 12.2 Å². The fourth-order valence-electron chi connectivity index (χ4n) is 6.47. The van der Waals surface area contributed by atoms with Gasteiger partial charge in [-0.1, -0.05) is 19.1 Å². The van der Waals surface area contributed by atoms with Crippen LogP contribution in [0.5, 0.6) is 0 Å². The molecule has 0 aromatic carbocycles. The average molecular weight is 344 g/mol. The Morgan fingerprint density at radius 2 is 1.75 bits per heavy atom. The summed E-state index contributed by atoms with van der Waals surface area (Å²) in [6.07, 6.45) is 0.227. The minimum atomic E-state index is -3.09. The number of ether oxygens (including phenoxy) is 1. The number of halogens is 4. The lowest BCUT2D eigenvalue weighted by molar-refractivity contribution is -0.150. The van der Waals surface area contributed by atoms with Crippen LogP contribution in [0.4, 0.5) is 17.6 Å². The third-order valence-corrected chi connectivity index (χ3v) is 8.10. The van der Waals surface area contributed by atoms with Crippen molar-refractivity contribution in [2.45, 2.75) is 63.4 Å². The first-order valence-corrected chi connectivity index (χ1v) is 8.67. The molecule has 1 saturated heterocycles. The van der Waals surface area contributed by atoms with Gasteiger partial charge < -0.3 is 4.74 Å². The Bertz CT molecular complexity index is 689. The molecule has 6 heteroatoms. The summed E-state index contributed by atoms with van der Waals surface area (Å²) in [5, 5.41) is 0. The second-order valence-corrected chi connectivity index (χ2v) is 8.90. The number of carbonyl (C=O) groups is 1. The summed E-state index contributed by atoms with van der Waals surface area (Å²) in [7, 11) is 0. The van der Waals surface area contributed by atoms with E-state index >= 15 is 0 Å². The quantitative estimate of drug-likeness (QED) is 0.371. The smallest absolute Gasteiger partial charge is 0.319 e. The van der Waals surface area contributed by atoms with Gasteiger partial charge in [-0.05, 0) is 31.6 Å². The normalized spacial score (nSPS) is 56.0. The minimum Gasteiger partial charge on any atom is -0.461 e. The van der Waals surface area contributed by atoms with Crippen molar-refractivity contribution in [1.29, 1.82) is 0 Å². The second-order valence-electron chi connectivity index (χ2n) is 8.90. The molecule has 0 amide bonds. The molecule has 5 rings (SSSR count). The molecule has 2 spiro atoms. The van der Waals surface area contributed by atoms with Crippen molar-refractivity contribution in [3.05, 3.63) is 12.2 Å². The topological polar surface area (TPSA) is 26.3 Å². The van der Waals surface area contributed by atoms with Crippen molar-refractivity contribution in [3.8, 4) is 0 Å². The highest BCUT2D eigenvalue weighted by Crippen LogP contribution is 2.81. The van der Waals surface area contributed by atoms with Gasteiger partial charge in [-0.2, -0.15) is 0 Å². The summed E-state index contributed by atoms with van der Waals surface area (Å²) >= 11 is 0. The van der Waals surface area contributed by atoms with Gasteiger partial charge in [0.05, 0.1) is 0 Å². The minimum absolute atomic E-state index is 0.152. The lowest BCUT2D eigenvalue weighted by Gasteiger charge is -2.37. The molecule has 132 valence electrons. The van der Waals surface area contributed by atoms with Crippen molar-refractivity contribution >= 4 is 5.97 Å². The number of carbonyl (C=O) groups excluding carboxylic acids is 1. The van der Waals surface area contributed by atoms with Crippen molar-refractivity contribution in [1.82, 2.24) is 0 Å². The lowest BCUT2D eigenvalue weighted by atomic mass is 9.64. The van der Waals surface area contributed by atoms with E-state index in [1.54, 1.807) is 6.92 Å². The third kappa shape index (κ3) is 1.30. The summed E-state index contributed by atoms with van der Waals surface area (Å²) in [6, 6.07) is 0. The highest BCUT2D eigenvalue weighted by Gasteiger charge is 2.90. The Morgan fingerprint density at radius 3 is 2.29 bits per heavy atom. The molecule has 0 aromatic heterocycles. The van der Waals surface area contributed by atoms with Crippen LogP contribution in [0, 0.1) is 28.1 Å². The van der Waals surface area contributed by atoms with E-state index in [-0.39, 0.29) is 12.3 Å². The Hall–Kier alpha value is -1.07. The van der Waals surface area contributed by atoms with E-state index in [0.717, 1.165) is 5.57 Å². The van der Waals surface area contributed by atoms with Crippen LogP contribution in [0.3, 0.4) is 0 Å². The molecule has 5 fully saturated rings. The van der Waals surface area contributed by atoms with Crippen LogP contribution in [0.25, 0.3) is 0 Å². The van der Waals surface area contributed by atoms with Gasteiger partial charge in [0.15, 0.2) is 0 Å². The zero-order valence-corrected chi connectivity index (χ0v) is 13.5. The molecule has 2 nitrogen and oxygen atoms in total. The van der Waals surface area contributed by atoms with E-state index < -0.39 is 52.5 Å². The molecule has 24 heavy (non-hydrogen) atoms. The van der Waals surface area contributed by atoms with E-state index in [4.69, 9.17) is 4.74 Å². The second kappa shape index (κ2) is 3.70. The highest BCUT2D eigenvalue weighted by molar-refractivity contribution is 5.86. The van der Waals surface area contributed by atoms with Crippen LogP contribution < -0.4 is 0 Å². The first-order chi connectivity index (χ1) is 11.0. The molecule has 5 aliphatic rings. The molecule has 0 aromatic rings. The van der Waals surface area contributed by atoms with Crippen LogP contribution in [0.1, 0.15) is 45.4 Å². The third-order valence-electron chi connectivity index (χ3n) is 8.10. The maximum Gasteiger partial charge on any atom is 0.319 e. The number of hydrogen-bond acceptors (Lipinski definition) is 2. The zero-order chi connectivity index (χ0) is 17.3. The Morgan fingerprint density at radius 1 is 1.12 bits per heavy atom. The van der Waals surface area contributed by atoms with E-state index in [1.165, 1.54) is 0 Å². The molecule has 6 atom stereocenters. The molecular weight excluding hydrogens is 324 g/mol. The van der Waals surface area contributed by atoms with Gasteiger partial charge in [0.2, 0.25) is 0 Å². The standard InChI is InChI=1S/C18H20F4O2/c1-9-3-5-14(2)12(24-13(23)16(14)8-18(16,21)22)11-10(9)4-6-15(11)7-17(15,19)20/h10-12H,1,3-8H2,2H3/t10-,11-,12+,14+,15-,16+/m0/s1. The first-order valence-electron chi connectivity index (χ1n) is 8.67. The Balaban J connectivity index is 1.65. The molecule has 0 bridgehead atoms. The number of esters is 1. The van der Waals surface area contributed by atoms with Gasteiger partial charge in [-0.25, -0.2) is 17.6 Å². The SMILES string of the molecule is C=C1CC[C@]2(C)[C@H](OC(=O)[C@]23CC3(F)F)[C@@H]2[C@H]1CC[C@]21CC1(F)F. The van der Waals surface area contributed by atoms with Crippen LogP contribution in [-0.2, 0) is 9.53 Å². The molecule has 1 aliphatic heterocycles. The number of allylic oxidation sites excluding steroid dienone is 1. The van der Waals surface area contributed by atoms with Gasteiger partial charge in [0.25, 0.3) is 11.8 Å². The molecule has 0 radical (unpaired) electrons. The lowest BCUT2D eigenvalue weighted by Crippen LogP contribution is -2.44. The largest absolute Gasteiger partial charge is 0.461 e. The maximum absolute atomic E-state index is 14.2. The highest BCUT2D eigenvalue weighted by atomic mass is 19.3. The van der Waals surface area contributed by atoms with Crippen molar-refractivity contribution in [2.75, 3.05) is 0 Å². The van der Waals surface area contributed by atoms with Crippen LogP contribution in [-0.4, -0.2) is 23.9 Å². The average Bonchev–Trinajstić information content (AvgIpc) is 3.14. The Kier molecular flexibility index (Phi) is 2.35. The molecule has 0 N–H and O–H groups in total.